The molecule has 0 aliphatic heterocycles. The van der Waals surface area contributed by atoms with Gasteiger partial charge in [0.1, 0.15) is 17.4 Å². The Bertz CT molecular complexity index is 400. The topological polar surface area (TPSA) is 98.1 Å². The van der Waals surface area contributed by atoms with Crippen LogP contribution in [0, 0.1) is 0 Å². The first kappa shape index (κ1) is 13.2. The first-order valence-electron chi connectivity index (χ1n) is 5.61. The second kappa shape index (κ2) is 6.03. The van der Waals surface area contributed by atoms with Crippen LogP contribution in [0.15, 0.2) is 6.20 Å². The molecule has 1 atom stereocenters. The molecule has 17 heavy (non-hydrogen) atoms. The van der Waals surface area contributed by atoms with E-state index in [-0.39, 0.29) is 11.7 Å². The van der Waals surface area contributed by atoms with Crippen LogP contribution in [0.2, 0.25) is 0 Å². The summed E-state index contributed by atoms with van der Waals surface area (Å²) in [7, 11) is 0. The number of hydrogen-bond donors (Lipinski definition) is 2. The van der Waals surface area contributed by atoms with Crippen LogP contribution >= 0.6 is 0 Å². The maximum absolute atomic E-state index is 11.7. The highest BCUT2D eigenvalue weighted by Crippen LogP contribution is 2.20. The SMILES string of the molecule is CCCC(C(=O)OCC)c1ncc(C(N)=O)[nH]1. The van der Waals surface area contributed by atoms with Crippen LogP contribution < -0.4 is 5.73 Å². The summed E-state index contributed by atoms with van der Waals surface area (Å²) in [4.78, 5) is 29.4. The average Bonchev–Trinajstić information content (AvgIpc) is 2.75. The molecule has 1 rings (SSSR count). The smallest absolute Gasteiger partial charge is 0.316 e. The predicted octanol–water partition coefficient (Wildman–Crippen LogP) is 0.955. The molecule has 0 aliphatic rings. The molecule has 0 saturated heterocycles. The van der Waals surface area contributed by atoms with Gasteiger partial charge in [0.15, 0.2) is 0 Å². The van der Waals surface area contributed by atoms with Gasteiger partial charge in [0.25, 0.3) is 5.91 Å². The number of nitrogens with one attached hydrogen (secondary N) is 1. The Labute approximate surface area is 99.6 Å². The Morgan fingerprint density at radius 3 is 2.71 bits per heavy atom. The molecule has 0 aliphatic carbocycles. The molecule has 1 amide bonds. The van der Waals surface area contributed by atoms with E-state index in [0.717, 1.165) is 6.42 Å². The van der Waals surface area contributed by atoms with Crippen LogP contribution in [0.1, 0.15) is 48.9 Å². The molecule has 0 radical (unpaired) electrons. The van der Waals surface area contributed by atoms with Crippen LogP contribution in [-0.2, 0) is 9.53 Å². The number of hydrogen-bond acceptors (Lipinski definition) is 4. The van der Waals surface area contributed by atoms with E-state index in [1.54, 1.807) is 6.92 Å². The molecular formula is C11H17N3O3. The van der Waals surface area contributed by atoms with E-state index >= 15 is 0 Å². The Morgan fingerprint density at radius 1 is 1.53 bits per heavy atom. The number of carbonyl (C=O) groups excluding carboxylic acids is 2. The second-order valence-electron chi connectivity index (χ2n) is 3.64. The monoisotopic (exact) mass is 239 g/mol. The summed E-state index contributed by atoms with van der Waals surface area (Å²) in [5.41, 5.74) is 5.31. The largest absolute Gasteiger partial charge is 0.465 e. The van der Waals surface area contributed by atoms with Crippen molar-refractivity contribution in [1.29, 1.82) is 0 Å². The van der Waals surface area contributed by atoms with E-state index in [4.69, 9.17) is 10.5 Å². The van der Waals surface area contributed by atoms with Crippen molar-refractivity contribution in [2.45, 2.75) is 32.6 Å². The molecule has 0 fully saturated rings. The van der Waals surface area contributed by atoms with Gasteiger partial charge in [0.2, 0.25) is 0 Å². The summed E-state index contributed by atoms with van der Waals surface area (Å²) in [6.45, 7) is 4.03. The number of ether oxygens (including phenoxy) is 1. The van der Waals surface area contributed by atoms with Gasteiger partial charge in [0.05, 0.1) is 12.8 Å². The zero-order chi connectivity index (χ0) is 12.8. The number of aromatic nitrogens is 2. The summed E-state index contributed by atoms with van der Waals surface area (Å²) in [5, 5.41) is 0. The van der Waals surface area contributed by atoms with Gasteiger partial charge < -0.3 is 15.5 Å². The molecule has 6 nitrogen and oxygen atoms in total. The minimum absolute atomic E-state index is 0.199. The third-order valence-corrected chi connectivity index (χ3v) is 2.34. The van der Waals surface area contributed by atoms with E-state index in [0.29, 0.717) is 18.9 Å². The second-order valence-corrected chi connectivity index (χ2v) is 3.64. The van der Waals surface area contributed by atoms with E-state index in [2.05, 4.69) is 9.97 Å². The van der Waals surface area contributed by atoms with Crippen molar-refractivity contribution < 1.29 is 14.3 Å². The maximum atomic E-state index is 11.7. The summed E-state index contributed by atoms with van der Waals surface area (Å²) in [5.74, 6) is -0.963. The molecule has 1 heterocycles. The van der Waals surface area contributed by atoms with Gasteiger partial charge in [-0.3, -0.25) is 9.59 Å². The Kier molecular flexibility index (Phi) is 4.68. The number of amides is 1. The lowest BCUT2D eigenvalue weighted by Crippen LogP contribution is -2.18. The van der Waals surface area contributed by atoms with Crippen molar-refractivity contribution in [1.82, 2.24) is 9.97 Å². The summed E-state index contributed by atoms with van der Waals surface area (Å²) >= 11 is 0. The Morgan fingerprint density at radius 2 is 2.24 bits per heavy atom. The highest BCUT2D eigenvalue weighted by Gasteiger charge is 2.24. The number of H-pyrrole nitrogens is 1. The van der Waals surface area contributed by atoms with Gasteiger partial charge in [-0.25, -0.2) is 4.98 Å². The number of aromatic amines is 1. The Balaban J connectivity index is 2.88. The van der Waals surface area contributed by atoms with Gasteiger partial charge in [-0.05, 0) is 13.3 Å². The van der Waals surface area contributed by atoms with Gasteiger partial charge in [-0.15, -0.1) is 0 Å². The van der Waals surface area contributed by atoms with E-state index < -0.39 is 11.8 Å². The van der Waals surface area contributed by atoms with E-state index in [1.807, 2.05) is 6.92 Å². The Hall–Kier alpha value is -1.85. The predicted molar refractivity (Wildman–Crippen MR) is 61.4 cm³/mol. The standard InChI is InChI=1S/C11H17N3O3/c1-3-5-7(11(16)17-4-2)10-13-6-8(14-10)9(12)15/h6-7H,3-5H2,1-2H3,(H2,12,15)(H,13,14). The molecule has 0 aromatic carbocycles. The molecule has 6 heteroatoms. The van der Waals surface area contributed by atoms with Crippen molar-refractivity contribution in [2.75, 3.05) is 6.61 Å². The maximum Gasteiger partial charge on any atom is 0.316 e. The molecule has 94 valence electrons. The fourth-order valence-electron chi connectivity index (χ4n) is 1.54. The van der Waals surface area contributed by atoms with Crippen molar-refractivity contribution >= 4 is 11.9 Å². The lowest BCUT2D eigenvalue weighted by molar-refractivity contribution is -0.145. The summed E-state index contributed by atoms with van der Waals surface area (Å²) in [6, 6.07) is 0. The molecule has 3 N–H and O–H groups in total. The number of rotatable bonds is 6. The molecule has 1 unspecified atom stereocenters. The van der Waals surface area contributed by atoms with Crippen molar-refractivity contribution in [2.24, 2.45) is 5.73 Å². The van der Waals surface area contributed by atoms with Crippen molar-refractivity contribution in [3.63, 3.8) is 0 Å². The van der Waals surface area contributed by atoms with Crippen LogP contribution in [0.25, 0.3) is 0 Å². The fraction of sp³-hybridized carbons (Fsp3) is 0.545. The lowest BCUT2D eigenvalue weighted by Gasteiger charge is -2.11. The van der Waals surface area contributed by atoms with Crippen LogP contribution in [0.3, 0.4) is 0 Å². The van der Waals surface area contributed by atoms with Crippen LogP contribution in [0.4, 0.5) is 0 Å². The van der Waals surface area contributed by atoms with Crippen molar-refractivity contribution in [3.05, 3.63) is 17.7 Å². The normalized spacial score (nSPS) is 12.1. The van der Waals surface area contributed by atoms with Crippen LogP contribution in [-0.4, -0.2) is 28.5 Å². The first-order valence-corrected chi connectivity index (χ1v) is 5.61. The number of imidazole rings is 1. The van der Waals surface area contributed by atoms with Crippen molar-refractivity contribution in [3.8, 4) is 0 Å². The average molecular weight is 239 g/mol. The minimum Gasteiger partial charge on any atom is -0.465 e. The number of primary amides is 1. The molecule has 0 saturated carbocycles. The highest BCUT2D eigenvalue weighted by atomic mass is 16.5. The summed E-state index contributed by atoms with van der Waals surface area (Å²) in [6.07, 6.45) is 2.76. The third-order valence-electron chi connectivity index (χ3n) is 2.34. The number of nitrogens with two attached hydrogens (primary N) is 1. The summed E-state index contributed by atoms with van der Waals surface area (Å²) < 4.78 is 4.97. The van der Waals surface area contributed by atoms with E-state index in [9.17, 15) is 9.59 Å². The number of carbonyl (C=O) groups is 2. The minimum atomic E-state index is -0.595. The highest BCUT2D eigenvalue weighted by molar-refractivity contribution is 5.90. The van der Waals surface area contributed by atoms with Gasteiger partial charge in [-0.2, -0.15) is 0 Å². The quantitative estimate of drug-likeness (QED) is 0.722. The zero-order valence-electron chi connectivity index (χ0n) is 10.0. The fourth-order valence-corrected chi connectivity index (χ4v) is 1.54. The molecule has 0 spiro atoms. The first-order chi connectivity index (χ1) is 8.10. The van der Waals surface area contributed by atoms with Gasteiger partial charge in [-0.1, -0.05) is 13.3 Å². The van der Waals surface area contributed by atoms with Gasteiger partial charge >= 0.3 is 5.97 Å². The molecular weight excluding hydrogens is 222 g/mol. The zero-order valence-corrected chi connectivity index (χ0v) is 10.0. The van der Waals surface area contributed by atoms with E-state index in [1.165, 1.54) is 6.20 Å². The third kappa shape index (κ3) is 3.30. The van der Waals surface area contributed by atoms with Crippen LogP contribution in [0.5, 0.6) is 0 Å². The molecule has 1 aromatic rings. The lowest BCUT2D eigenvalue weighted by atomic mass is 10.0. The number of esters is 1. The number of nitrogens with zero attached hydrogens (tertiary/aromatic N) is 1. The molecule has 1 aromatic heterocycles. The van der Waals surface area contributed by atoms with Gasteiger partial charge in [0, 0.05) is 0 Å². The molecule has 0 bridgehead atoms.